The number of nitrogens with one attached hydrogen (secondary N) is 1. The van der Waals surface area contributed by atoms with Crippen LogP contribution in [0.3, 0.4) is 0 Å². The topological polar surface area (TPSA) is 58.6 Å². The summed E-state index contributed by atoms with van der Waals surface area (Å²) in [6.07, 6.45) is 1.43. The van der Waals surface area contributed by atoms with Crippen molar-refractivity contribution in [1.29, 1.82) is 0 Å². The Kier molecular flexibility index (Phi) is 6.23. The molecule has 0 aliphatic rings. The van der Waals surface area contributed by atoms with E-state index in [1.54, 1.807) is 6.92 Å². The zero-order valence-corrected chi connectivity index (χ0v) is 12.3. The van der Waals surface area contributed by atoms with E-state index in [0.29, 0.717) is 12.2 Å². The van der Waals surface area contributed by atoms with E-state index in [9.17, 15) is 14.3 Å². The summed E-state index contributed by atoms with van der Waals surface area (Å²) >= 11 is 5.60. The number of carbonyl (C=O) groups excluding carboxylic acids is 1. The predicted octanol–water partition coefficient (Wildman–Crippen LogP) is 2.53. The molecule has 0 bridgehead atoms. The first-order chi connectivity index (χ1) is 9.34. The number of amides is 1. The molecule has 0 fully saturated rings. The predicted molar refractivity (Wildman–Crippen MR) is 75.4 cm³/mol. The summed E-state index contributed by atoms with van der Waals surface area (Å²) in [5.41, 5.74) is -0.927. The number of halogens is 2. The first kappa shape index (κ1) is 16.7. The van der Waals surface area contributed by atoms with Crippen LogP contribution in [0.15, 0.2) is 18.2 Å². The van der Waals surface area contributed by atoms with Crippen LogP contribution in [0.25, 0.3) is 0 Å². The molecular formula is C14H19ClFNO3. The van der Waals surface area contributed by atoms with Crippen LogP contribution in [0.2, 0.25) is 5.02 Å². The van der Waals surface area contributed by atoms with E-state index in [0.717, 1.165) is 6.42 Å². The molecule has 0 aromatic heterocycles. The number of carbonyl (C=O) groups is 1. The van der Waals surface area contributed by atoms with Crippen molar-refractivity contribution in [3.8, 4) is 5.75 Å². The van der Waals surface area contributed by atoms with Gasteiger partial charge >= 0.3 is 0 Å². The molecule has 0 aliphatic heterocycles. The molecule has 1 aromatic rings. The van der Waals surface area contributed by atoms with Gasteiger partial charge in [-0.2, -0.15) is 0 Å². The molecule has 0 saturated heterocycles. The first-order valence-electron chi connectivity index (χ1n) is 6.41. The van der Waals surface area contributed by atoms with E-state index in [4.69, 9.17) is 16.3 Å². The summed E-state index contributed by atoms with van der Waals surface area (Å²) in [6.45, 7) is 3.56. The van der Waals surface area contributed by atoms with Crippen LogP contribution in [-0.4, -0.2) is 29.8 Å². The molecule has 2 N–H and O–H groups in total. The summed E-state index contributed by atoms with van der Waals surface area (Å²) < 4.78 is 18.1. The van der Waals surface area contributed by atoms with Crippen molar-refractivity contribution in [2.75, 3.05) is 13.2 Å². The Balaban J connectivity index is 2.38. The molecule has 0 spiro atoms. The average Bonchev–Trinajstić information content (AvgIpc) is 2.38. The molecule has 4 nitrogen and oxygen atoms in total. The second-order valence-electron chi connectivity index (χ2n) is 4.89. The van der Waals surface area contributed by atoms with Gasteiger partial charge in [0.1, 0.15) is 11.6 Å². The summed E-state index contributed by atoms with van der Waals surface area (Å²) in [7, 11) is 0. The van der Waals surface area contributed by atoms with Gasteiger partial charge in [-0.25, -0.2) is 4.39 Å². The molecule has 0 aliphatic carbocycles. The van der Waals surface area contributed by atoms with E-state index in [1.807, 2.05) is 6.92 Å². The molecule has 0 unspecified atom stereocenters. The monoisotopic (exact) mass is 303 g/mol. The lowest BCUT2D eigenvalue weighted by Gasteiger charge is -2.22. The molecule has 1 rings (SSSR count). The average molecular weight is 304 g/mol. The standard InChI is InChI=1S/C14H19ClFNO3/c1-3-6-14(2,19)9-17-13(18)8-20-10-4-5-12(16)11(15)7-10/h4-5,7,19H,3,6,8-9H2,1-2H3,(H,17,18)/t14-/m1/s1. The minimum absolute atomic E-state index is 0.0613. The van der Waals surface area contributed by atoms with E-state index in [1.165, 1.54) is 18.2 Å². The minimum Gasteiger partial charge on any atom is -0.484 e. The normalized spacial score (nSPS) is 13.7. The lowest BCUT2D eigenvalue weighted by atomic mass is 10.0. The highest BCUT2D eigenvalue weighted by Crippen LogP contribution is 2.20. The fourth-order valence-corrected chi connectivity index (χ4v) is 1.85. The Morgan fingerprint density at radius 2 is 2.25 bits per heavy atom. The summed E-state index contributed by atoms with van der Waals surface area (Å²) in [4.78, 5) is 11.6. The molecule has 1 atom stereocenters. The van der Waals surface area contributed by atoms with Crippen LogP contribution in [0.4, 0.5) is 4.39 Å². The molecule has 20 heavy (non-hydrogen) atoms. The Labute approximate surface area is 122 Å². The minimum atomic E-state index is -0.927. The van der Waals surface area contributed by atoms with Gasteiger partial charge < -0.3 is 15.2 Å². The van der Waals surface area contributed by atoms with Crippen LogP contribution < -0.4 is 10.1 Å². The Morgan fingerprint density at radius 3 is 2.85 bits per heavy atom. The zero-order chi connectivity index (χ0) is 15.2. The SMILES string of the molecule is CCC[C@@](C)(O)CNC(=O)COc1ccc(F)c(Cl)c1. The second-order valence-corrected chi connectivity index (χ2v) is 5.30. The van der Waals surface area contributed by atoms with E-state index >= 15 is 0 Å². The van der Waals surface area contributed by atoms with Gasteiger partial charge in [0, 0.05) is 12.6 Å². The smallest absolute Gasteiger partial charge is 0.258 e. The third kappa shape index (κ3) is 5.75. The first-order valence-corrected chi connectivity index (χ1v) is 6.79. The van der Waals surface area contributed by atoms with Gasteiger partial charge in [-0.1, -0.05) is 24.9 Å². The molecular weight excluding hydrogens is 285 g/mol. The number of ether oxygens (including phenoxy) is 1. The second kappa shape index (κ2) is 7.45. The van der Waals surface area contributed by atoms with Crippen molar-refractivity contribution in [3.63, 3.8) is 0 Å². The van der Waals surface area contributed by atoms with Gasteiger partial charge in [0.25, 0.3) is 5.91 Å². The van der Waals surface area contributed by atoms with Gasteiger partial charge in [-0.3, -0.25) is 4.79 Å². The zero-order valence-electron chi connectivity index (χ0n) is 11.6. The van der Waals surface area contributed by atoms with Gasteiger partial charge in [0.05, 0.1) is 10.6 Å². The molecule has 0 saturated carbocycles. The van der Waals surface area contributed by atoms with Gasteiger partial charge in [0.15, 0.2) is 6.61 Å². The number of rotatable bonds is 7. The highest BCUT2D eigenvalue weighted by molar-refractivity contribution is 6.30. The van der Waals surface area contributed by atoms with Gasteiger partial charge in [-0.15, -0.1) is 0 Å². The van der Waals surface area contributed by atoms with Crippen LogP contribution >= 0.6 is 11.6 Å². The van der Waals surface area contributed by atoms with Crippen LogP contribution in [-0.2, 0) is 4.79 Å². The van der Waals surface area contributed by atoms with Crippen molar-refractivity contribution in [2.24, 2.45) is 0 Å². The molecule has 0 heterocycles. The number of hydrogen-bond donors (Lipinski definition) is 2. The fraction of sp³-hybridized carbons (Fsp3) is 0.500. The third-order valence-corrected chi connectivity index (χ3v) is 3.01. The molecule has 6 heteroatoms. The van der Waals surface area contributed by atoms with E-state index < -0.39 is 11.4 Å². The van der Waals surface area contributed by atoms with Crippen molar-refractivity contribution in [1.82, 2.24) is 5.32 Å². The van der Waals surface area contributed by atoms with Crippen LogP contribution in [0.1, 0.15) is 26.7 Å². The molecule has 1 aromatic carbocycles. The number of aliphatic hydroxyl groups is 1. The lowest BCUT2D eigenvalue weighted by molar-refractivity contribution is -0.124. The van der Waals surface area contributed by atoms with E-state index in [2.05, 4.69) is 5.32 Å². The fourth-order valence-electron chi connectivity index (χ4n) is 1.68. The van der Waals surface area contributed by atoms with Crippen molar-refractivity contribution < 1.29 is 19.0 Å². The highest BCUT2D eigenvalue weighted by atomic mass is 35.5. The molecule has 0 radical (unpaired) electrons. The van der Waals surface area contributed by atoms with Crippen LogP contribution in [0, 0.1) is 5.82 Å². The Morgan fingerprint density at radius 1 is 1.55 bits per heavy atom. The highest BCUT2D eigenvalue weighted by Gasteiger charge is 2.19. The van der Waals surface area contributed by atoms with Crippen LogP contribution in [0.5, 0.6) is 5.75 Å². The van der Waals surface area contributed by atoms with E-state index in [-0.39, 0.29) is 24.1 Å². The van der Waals surface area contributed by atoms with Gasteiger partial charge in [0.2, 0.25) is 0 Å². The number of hydrogen-bond acceptors (Lipinski definition) is 3. The van der Waals surface area contributed by atoms with Crippen molar-refractivity contribution in [3.05, 3.63) is 29.0 Å². The summed E-state index contributed by atoms with van der Waals surface area (Å²) in [5.74, 6) is -0.590. The molecule has 112 valence electrons. The quantitative estimate of drug-likeness (QED) is 0.814. The number of benzene rings is 1. The largest absolute Gasteiger partial charge is 0.484 e. The Hall–Kier alpha value is -1.33. The summed E-state index contributed by atoms with van der Waals surface area (Å²) in [5, 5.41) is 12.4. The van der Waals surface area contributed by atoms with Crippen molar-refractivity contribution in [2.45, 2.75) is 32.3 Å². The maximum absolute atomic E-state index is 12.9. The maximum atomic E-state index is 12.9. The lowest BCUT2D eigenvalue weighted by Crippen LogP contribution is -2.42. The van der Waals surface area contributed by atoms with Crippen molar-refractivity contribution >= 4 is 17.5 Å². The molecule has 1 amide bonds. The van der Waals surface area contributed by atoms with Gasteiger partial charge in [-0.05, 0) is 25.5 Å². The third-order valence-electron chi connectivity index (χ3n) is 2.72. The summed E-state index contributed by atoms with van der Waals surface area (Å²) in [6, 6.07) is 3.86. The Bertz CT molecular complexity index is 466. The maximum Gasteiger partial charge on any atom is 0.258 e.